The topological polar surface area (TPSA) is 52.1 Å². The van der Waals surface area contributed by atoms with Gasteiger partial charge in [-0.1, -0.05) is 19.1 Å². The molecular formula is C21H22N2O2S2. The minimum absolute atomic E-state index is 0.270. The minimum Gasteiger partial charge on any atom is -0.462 e. The normalized spacial score (nSPS) is 16.3. The molecule has 0 saturated carbocycles. The molecule has 1 aromatic carbocycles. The Morgan fingerprint density at radius 3 is 2.89 bits per heavy atom. The van der Waals surface area contributed by atoms with Crippen LogP contribution in [0.3, 0.4) is 0 Å². The third-order valence-corrected chi connectivity index (χ3v) is 7.12. The fourth-order valence-electron chi connectivity index (χ4n) is 3.46. The van der Waals surface area contributed by atoms with Gasteiger partial charge in [-0.3, -0.25) is 0 Å². The summed E-state index contributed by atoms with van der Waals surface area (Å²) < 4.78 is 5.04. The highest BCUT2D eigenvalue weighted by atomic mass is 32.2. The summed E-state index contributed by atoms with van der Waals surface area (Å²) in [6.45, 7) is 4.54. The van der Waals surface area contributed by atoms with Crippen LogP contribution in [0.5, 0.6) is 0 Å². The first-order valence-corrected chi connectivity index (χ1v) is 11.1. The summed E-state index contributed by atoms with van der Waals surface area (Å²) in [6.07, 6.45) is 5.22. The van der Waals surface area contributed by atoms with E-state index in [-0.39, 0.29) is 5.97 Å². The van der Waals surface area contributed by atoms with Gasteiger partial charge >= 0.3 is 5.97 Å². The molecule has 2 aromatic heterocycles. The first-order chi connectivity index (χ1) is 13.2. The lowest BCUT2D eigenvalue weighted by Gasteiger charge is -2.18. The molecular weight excluding hydrogens is 376 g/mol. The Morgan fingerprint density at radius 1 is 1.30 bits per heavy atom. The van der Waals surface area contributed by atoms with Gasteiger partial charge in [-0.15, -0.1) is 23.1 Å². The lowest BCUT2D eigenvalue weighted by molar-refractivity contribution is 0.0526. The molecule has 1 aliphatic rings. The van der Waals surface area contributed by atoms with Gasteiger partial charge in [-0.05, 0) is 55.4 Å². The molecule has 0 radical (unpaired) electrons. The average molecular weight is 399 g/mol. The van der Waals surface area contributed by atoms with Crippen LogP contribution in [-0.2, 0) is 23.3 Å². The molecule has 3 aromatic rings. The third kappa shape index (κ3) is 3.87. The van der Waals surface area contributed by atoms with Crippen LogP contribution in [0, 0.1) is 5.92 Å². The highest BCUT2D eigenvalue weighted by Crippen LogP contribution is 2.41. The van der Waals surface area contributed by atoms with Crippen molar-refractivity contribution in [3.05, 3.63) is 52.2 Å². The predicted molar refractivity (Wildman–Crippen MR) is 111 cm³/mol. The molecule has 140 valence electrons. The van der Waals surface area contributed by atoms with Gasteiger partial charge in [0.2, 0.25) is 0 Å². The zero-order valence-corrected chi connectivity index (χ0v) is 17.2. The van der Waals surface area contributed by atoms with E-state index in [9.17, 15) is 4.79 Å². The number of carbonyl (C=O) groups excluding carboxylic acids is 1. The summed E-state index contributed by atoms with van der Waals surface area (Å²) in [5, 5.41) is 2.33. The number of hydrogen-bond acceptors (Lipinski definition) is 6. The third-order valence-electron chi connectivity index (χ3n) is 4.90. The number of benzene rings is 1. The fraction of sp³-hybridized carbons (Fsp3) is 0.381. The van der Waals surface area contributed by atoms with Crippen LogP contribution in [0.2, 0.25) is 0 Å². The van der Waals surface area contributed by atoms with Crippen LogP contribution in [0.25, 0.3) is 10.2 Å². The molecule has 0 amide bonds. The molecule has 0 bridgehead atoms. The summed E-state index contributed by atoms with van der Waals surface area (Å²) in [7, 11) is 0. The maximum atomic E-state index is 11.8. The van der Waals surface area contributed by atoms with Crippen molar-refractivity contribution < 1.29 is 9.53 Å². The number of aryl methyl sites for hydroxylation is 1. The quantitative estimate of drug-likeness (QED) is 0.332. The molecule has 6 heteroatoms. The van der Waals surface area contributed by atoms with Gasteiger partial charge in [-0.2, -0.15) is 0 Å². The zero-order valence-electron chi connectivity index (χ0n) is 15.5. The number of nitrogens with zero attached hydrogens (tertiary/aromatic N) is 2. The van der Waals surface area contributed by atoms with Crippen LogP contribution < -0.4 is 0 Å². The maximum absolute atomic E-state index is 11.8. The molecule has 1 aliphatic carbocycles. The first-order valence-electron chi connectivity index (χ1n) is 9.29. The SMILES string of the molecule is CCOC(=O)c1ccc(CSc2ncnc3sc4c(c23)CCC(C)C4)cc1. The first kappa shape index (κ1) is 18.4. The molecule has 0 fully saturated rings. The molecule has 4 rings (SSSR count). The van der Waals surface area contributed by atoms with Gasteiger partial charge in [0, 0.05) is 16.0 Å². The predicted octanol–water partition coefficient (Wildman–Crippen LogP) is 5.29. The van der Waals surface area contributed by atoms with Crippen molar-refractivity contribution in [1.29, 1.82) is 0 Å². The largest absolute Gasteiger partial charge is 0.462 e. The van der Waals surface area contributed by atoms with E-state index in [0.717, 1.165) is 39.9 Å². The lowest BCUT2D eigenvalue weighted by atomic mass is 9.89. The second-order valence-electron chi connectivity index (χ2n) is 6.92. The lowest BCUT2D eigenvalue weighted by Crippen LogP contribution is -2.08. The van der Waals surface area contributed by atoms with Crippen LogP contribution >= 0.6 is 23.1 Å². The van der Waals surface area contributed by atoms with Crippen molar-refractivity contribution >= 4 is 39.3 Å². The van der Waals surface area contributed by atoms with Crippen molar-refractivity contribution in [1.82, 2.24) is 9.97 Å². The molecule has 1 unspecified atom stereocenters. The van der Waals surface area contributed by atoms with E-state index in [4.69, 9.17) is 4.74 Å². The fourth-order valence-corrected chi connectivity index (χ4v) is 5.86. The second kappa shape index (κ2) is 7.98. The van der Waals surface area contributed by atoms with Crippen molar-refractivity contribution in [3.8, 4) is 0 Å². The molecule has 0 N–H and O–H groups in total. The van der Waals surface area contributed by atoms with Crippen LogP contribution in [0.4, 0.5) is 0 Å². The average Bonchev–Trinajstić information content (AvgIpc) is 3.05. The van der Waals surface area contributed by atoms with Gasteiger partial charge in [0.05, 0.1) is 12.2 Å². The van der Waals surface area contributed by atoms with Crippen molar-refractivity contribution in [2.75, 3.05) is 6.61 Å². The summed E-state index contributed by atoms with van der Waals surface area (Å²) in [6, 6.07) is 7.64. The maximum Gasteiger partial charge on any atom is 0.338 e. The molecule has 1 atom stereocenters. The summed E-state index contributed by atoms with van der Waals surface area (Å²) in [4.78, 5) is 23.5. The number of rotatable bonds is 5. The number of aromatic nitrogens is 2. The minimum atomic E-state index is -0.270. The smallest absolute Gasteiger partial charge is 0.338 e. The van der Waals surface area contributed by atoms with E-state index in [1.165, 1.54) is 22.2 Å². The van der Waals surface area contributed by atoms with Crippen molar-refractivity contribution in [2.45, 2.75) is 43.9 Å². The highest BCUT2D eigenvalue weighted by Gasteiger charge is 2.23. The molecule has 4 nitrogen and oxygen atoms in total. The van der Waals surface area contributed by atoms with Crippen LogP contribution in [0.1, 0.15) is 46.6 Å². The van der Waals surface area contributed by atoms with Crippen LogP contribution in [0.15, 0.2) is 35.6 Å². The van der Waals surface area contributed by atoms with Gasteiger partial charge in [-0.25, -0.2) is 14.8 Å². The number of carbonyl (C=O) groups is 1. The van der Waals surface area contributed by atoms with Crippen molar-refractivity contribution in [3.63, 3.8) is 0 Å². The van der Waals surface area contributed by atoms with E-state index in [1.807, 2.05) is 42.5 Å². The summed E-state index contributed by atoms with van der Waals surface area (Å²) >= 11 is 3.58. The Balaban J connectivity index is 1.53. The Morgan fingerprint density at radius 2 is 2.11 bits per heavy atom. The zero-order chi connectivity index (χ0) is 18.8. The Hall–Kier alpha value is -1.92. The molecule has 0 aliphatic heterocycles. The Bertz CT molecular complexity index is 966. The molecule has 27 heavy (non-hydrogen) atoms. The van der Waals surface area contributed by atoms with Gasteiger partial charge in [0.1, 0.15) is 16.2 Å². The molecule has 0 spiro atoms. The number of hydrogen-bond donors (Lipinski definition) is 0. The van der Waals surface area contributed by atoms with Crippen molar-refractivity contribution in [2.24, 2.45) is 5.92 Å². The van der Waals surface area contributed by atoms with E-state index in [2.05, 4.69) is 16.9 Å². The van der Waals surface area contributed by atoms with Gasteiger partial charge in [0.25, 0.3) is 0 Å². The van der Waals surface area contributed by atoms with E-state index in [0.29, 0.717) is 12.2 Å². The van der Waals surface area contributed by atoms with E-state index < -0.39 is 0 Å². The second-order valence-corrected chi connectivity index (χ2v) is 8.96. The van der Waals surface area contributed by atoms with Gasteiger partial charge < -0.3 is 4.74 Å². The summed E-state index contributed by atoms with van der Waals surface area (Å²) in [5.74, 6) is 1.30. The Labute approximate surface area is 167 Å². The number of thioether (sulfide) groups is 1. The highest BCUT2D eigenvalue weighted by molar-refractivity contribution is 7.98. The summed E-state index contributed by atoms with van der Waals surface area (Å²) in [5.41, 5.74) is 3.22. The molecule has 2 heterocycles. The standard InChI is InChI=1S/C21H22N2O2S2/c1-3-25-21(24)15-7-5-14(6-8-15)11-26-19-18-16-9-4-13(2)10-17(16)27-20(18)23-12-22-19/h5-8,12-13H,3-4,9-11H2,1-2H3. The number of ether oxygens (including phenoxy) is 1. The Kier molecular flexibility index (Phi) is 5.45. The number of fused-ring (bicyclic) bond motifs is 3. The van der Waals surface area contributed by atoms with E-state index >= 15 is 0 Å². The van der Waals surface area contributed by atoms with Gasteiger partial charge in [0.15, 0.2) is 0 Å². The molecule has 0 saturated heterocycles. The number of thiophene rings is 1. The monoisotopic (exact) mass is 398 g/mol. The number of esters is 1. The van der Waals surface area contributed by atoms with Crippen LogP contribution in [-0.4, -0.2) is 22.5 Å². The van der Waals surface area contributed by atoms with E-state index in [1.54, 1.807) is 18.1 Å².